The van der Waals surface area contributed by atoms with Gasteiger partial charge in [0.2, 0.25) is 5.91 Å². The first-order valence-corrected chi connectivity index (χ1v) is 16.6. The van der Waals surface area contributed by atoms with Crippen molar-refractivity contribution in [1.82, 2.24) is 5.32 Å². The summed E-state index contributed by atoms with van der Waals surface area (Å²) in [6.07, 6.45) is 7.68. The predicted molar refractivity (Wildman–Crippen MR) is 164 cm³/mol. The Kier molecular flexibility index (Phi) is 22.4. The van der Waals surface area contributed by atoms with Crippen molar-refractivity contribution >= 4 is 5.91 Å². The highest BCUT2D eigenvalue weighted by molar-refractivity contribution is 5.80. The Balaban J connectivity index is 2.66. The largest absolute Gasteiger partial charge is 0.394 e. The average Bonchev–Trinajstić information content (AvgIpc) is 3.00. The van der Waals surface area contributed by atoms with E-state index in [1.54, 1.807) is 0 Å². The number of aliphatic hydroxyl groups is 7. The number of ether oxygens (including phenoxy) is 2. The lowest BCUT2D eigenvalue weighted by Gasteiger charge is -2.40. The van der Waals surface area contributed by atoms with Crippen LogP contribution in [0.3, 0.4) is 0 Å². The third-order valence-corrected chi connectivity index (χ3v) is 8.05. The molecule has 0 aliphatic carbocycles. The van der Waals surface area contributed by atoms with Crippen LogP contribution in [0.1, 0.15) is 117 Å². The summed E-state index contributed by atoms with van der Waals surface area (Å²) in [4.78, 5) is 12.8. The van der Waals surface area contributed by atoms with E-state index in [0.717, 1.165) is 38.5 Å². The van der Waals surface area contributed by atoms with E-state index in [-0.39, 0.29) is 12.8 Å². The monoisotopic (exact) mass is 619 g/mol. The number of hydrogen-bond acceptors (Lipinski definition) is 10. The second-order valence-electron chi connectivity index (χ2n) is 11.9. The van der Waals surface area contributed by atoms with Gasteiger partial charge in [-0.15, -0.1) is 0 Å². The molecule has 8 N–H and O–H groups in total. The van der Waals surface area contributed by atoms with Gasteiger partial charge >= 0.3 is 0 Å². The Morgan fingerprint density at radius 2 is 1.40 bits per heavy atom. The van der Waals surface area contributed by atoms with E-state index in [0.29, 0.717) is 12.8 Å². The number of allylic oxidation sites excluding steroid dienone is 2. The fraction of sp³-hybridized carbons (Fsp3) is 0.906. The summed E-state index contributed by atoms with van der Waals surface area (Å²) in [5, 5.41) is 74.4. The van der Waals surface area contributed by atoms with Gasteiger partial charge in [0.05, 0.1) is 25.4 Å². The molecule has 0 aromatic carbocycles. The maximum atomic E-state index is 12.8. The van der Waals surface area contributed by atoms with Gasteiger partial charge < -0.3 is 50.5 Å². The fourth-order valence-electron chi connectivity index (χ4n) is 5.15. The second-order valence-corrected chi connectivity index (χ2v) is 11.9. The third kappa shape index (κ3) is 16.1. The van der Waals surface area contributed by atoms with Crippen LogP contribution in [0, 0.1) is 0 Å². The van der Waals surface area contributed by atoms with Gasteiger partial charge in [-0.3, -0.25) is 4.79 Å². The van der Waals surface area contributed by atoms with Crippen LogP contribution in [0.25, 0.3) is 0 Å². The molecule has 43 heavy (non-hydrogen) atoms. The Hall–Kier alpha value is -1.15. The Morgan fingerprint density at radius 1 is 0.791 bits per heavy atom. The molecule has 254 valence electrons. The molecule has 1 saturated heterocycles. The second kappa shape index (κ2) is 24.1. The lowest BCUT2D eigenvalue weighted by molar-refractivity contribution is -0.303. The Morgan fingerprint density at radius 3 is 2.00 bits per heavy atom. The summed E-state index contributed by atoms with van der Waals surface area (Å²) in [5.74, 6) is -0.716. The van der Waals surface area contributed by atoms with E-state index in [1.807, 2.05) is 6.08 Å². The van der Waals surface area contributed by atoms with E-state index in [1.165, 1.54) is 38.5 Å². The number of amides is 1. The average molecular weight is 620 g/mol. The molecule has 1 aliphatic rings. The zero-order chi connectivity index (χ0) is 32.0. The van der Waals surface area contributed by atoms with Gasteiger partial charge in [0.25, 0.3) is 0 Å². The highest BCUT2D eigenvalue weighted by atomic mass is 16.7. The van der Waals surface area contributed by atoms with E-state index in [2.05, 4.69) is 25.2 Å². The molecule has 0 bridgehead atoms. The van der Waals surface area contributed by atoms with Gasteiger partial charge in [-0.25, -0.2) is 0 Å². The topological polar surface area (TPSA) is 189 Å². The van der Waals surface area contributed by atoms with E-state index < -0.39 is 74.2 Å². The Labute approximate surface area is 258 Å². The zero-order valence-corrected chi connectivity index (χ0v) is 26.4. The summed E-state index contributed by atoms with van der Waals surface area (Å²) in [6.45, 7) is 3.21. The predicted octanol–water partition coefficient (Wildman–Crippen LogP) is 2.21. The van der Waals surface area contributed by atoms with Crippen LogP contribution in [-0.4, -0.2) is 110 Å². The summed E-state index contributed by atoms with van der Waals surface area (Å²) < 4.78 is 10.9. The zero-order valence-electron chi connectivity index (χ0n) is 26.4. The van der Waals surface area contributed by atoms with Crippen molar-refractivity contribution in [2.24, 2.45) is 0 Å². The van der Waals surface area contributed by atoms with Crippen LogP contribution >= 0.6 is 0 Å². The molecule has 11 heteroatoms. The summed E-state index contributed by atoms with van der Waals surface area (Å²) in [6, 6.07) is -1.17. The van der Waals surface area contributed by atoms with Crippen molar-refractivity contribution in [3.8, 4) is 0 Å². The van der Waals surface area contributed by atoms with Gasteiger partial charge in [0.15, 0.2) is 6.29 Å². The molecule has 1 fully saturated rings. The van der Waals surface area contributed by atoms with Crippen LogP contribution in [0.5, 0.6) is 0 Å². The number of rotatable bonds is 25. The lowest BCUT2D eigenvalue weighted by atomic mass is 9.98. The highest BCUT2D eigenvalue weighted by Gasteiger charge is 2.44. The highest BCUT2D eigenvalue weighted by Crippen LogP contribution is 2.23. The van der Waals surface area contributed by atoms with Crippen LogP contribution in [0.15, 0.2) is 12.2 Å². The van der Waals surface area contributed by atoms with E-state index >= 15 is 0 Å². The number of hydrogen-bond donors (Lipinski definition) is 8. The first kappa shape index (κ1) is 39.9. The van der Waals surface area contributed by atoms with Gasteiger partial charge in [-0.05, 0) is 32.1 Å². The van der Waals surface area contributed by atoms with E-state index in [9.17, 15) is 40.5 Å². The summed E-state index contributed by atoms with van der Waals surface area (Å²) in [7, 11) is 0. The quantitative estimate of drug-likeness (QED) is 0.0556. The van der Waals surface area contributed by atoms with Crippen molar-refractivity contribution in [2.75, 3.05) is 13.2 Å². The van der Waals surface area contributed by atoms with Crippen molar-refractivity contribution in [2.45, 2.75) is 172 Å². The molecule has 9 unspecified atom stereocenters. The molecule has 11 nitrogen and oxygen atoms in total. The number of carbonyl (C=O) groups excluding carboxylic acids is 1. The molecule has 9 atom stereocenters. The molecular weight excluding hydrogens is 558 g/mol. The van der Waals surface area contributed by atoms with Crippen molar-refractivity contribution in [1.29, 1.82) is 0 Å². The smallest absolute Gasteiger partial charge is 0.249 e. The first-order chi connectivity index (χ1) is 20.7. The first-order valence-electron chi connectivity index (χ1n) is 16.6. The van der Waals surface area contributed by atoms with Crippen molar-refractivity contribution in [3.05, 3.63) is 12.2 Å². The maximum absolute atomic E-state index is 12.8. The van der Waals surface area contributed by atoms with Crippen LogP contribution < -0.4 is 5.32 Å². The van der Waals surface area contributed by atoms with Gasteiger partial charge in [0.1, 0.15) is 36.6 Å². The third-order valence-electron chi connectivity index (χ3n) is 8.05. The van der Waals surface area contributed by atoms with Crippen LogP contribution in [0.4, 0.5) is 0 Å². The summed E-state index contributed by atoms with van der Waals surface area (Å²) >= 11 is 0. The van der Waals surface area contributed by atoms with Crippen molar-refractivity contribution in [3.63, 3.8) is 0 Å². The molecule has 1 aliphatic heterocycles. The molecule has 0 spiro atoms. The number of unbranched alkanes of at least 4 members (excludes halogenated alkanes) is 11. The van der Waals surface area contributed by atoms with Gasteiger partial charge in [-0.1, -0.05) is 96.6 Å². The molecule has 1 amide bonds. The lowest BCUT2D eigenvalue weighted by Crippen LogP contribution is -2.60. The number of carbonyl (C=O) groups is 1. The van der Waals surface area contributed by atoms with Crippen LogP contribution in [0.2, 0.25) is 0 Å². The Bertz CT molecular complexity index is 724. The van der Waals surface area contributed by atoms with Crippen molar-refractivity contribution < 1.29 is 50.0 Å². The molecule has 0 saturated carbocycles. The molecule has 0 aromatic rings. The SMILES string of the molecule is CCC/C=C/CCCC(O)C(O)C(COC1OC(CO)C(O)C(O)C1O)NC(=O)C(O)CCCCCCCCCCCC. The van der Waals surface area contributed by atoms with E-state index in [4.69, 9.17) is 9.47 Å². The maximum Gasteiger partial charge on any atom is 0.249 e. The normalized spacial score (nSPS) is 25.5. The molecule has 0 aromatic heterocycles. The van der Waals surface area contributed by atoms with Crippen LogP contribution in [-0.2, 0) is 14.3 Å². The van der Waals surface area contributed by atoms with Gasteiger partial charge in [0, 0.05) is 0 Å². The summed E-state index contributed by atoms with van der Waals surface area (Å²) in [5.41, 5.74) is 0. The standard InChI is InChI=1S/C32H61NO10/c1-3-5-7-9-11-12-13-14-16-18-20-25(36)31(41)33-23(27(37)24(35)19-17-15-10-8-6-4-2)22-42-32-30(40)29(39)28(38)26(21-34)43-32/h8,10,23-30,32,34-40H,3-7,9,11-22H2,1-2H3,(H,33,41)/b10-8+. The molecule has 1 heterocycles. The minimum Gasteiger partial charge on any atom is -0.394 e. The van der Waals surface area contributed by atoms with Gasteiger partial charge in [-0.2, -0.15) is 0 Å². The number of aliphatic hydroxyl groups excluding tert-OH is 7. The minimum atomic E-state index is -1.66. The molecule has 0 radical (unpaired) electrons. The molecule has 1 rings (SSSR count). The number of nitrogens with one attached hydrogen (secondary N) is 1. The minimum absolute atomic E-state index is 0.255. The molecular formula is C32H61NO10. The fourth-order valence-corrected chi connectivity index (χ4v) is 5.15.